The lowest BCUT2D eigenvalue weighted by atomic mass is 10.1. The van der Waals surface area contributed by atoms with E-state index in [0.29, 0.717) is 12.5 Å². The number of hydrogen-bond acceptors (Lipinski definition) is 4. The fraction of sp³-hybridized carbons (Fsp3) is 0.538. The maximum atomic E-state index is 6.10. The van der Waals surface area contributed by atoms with Crippen LogP contribution in [0.15, 0.2) is 58.8 Å². The molecule has 0 spiro atoms. The van der Waals surface area contributed by atoms with Gasteiger partial charge in [0.2, 0.25) is 0 Å². The van der Waals surface area contributed by atoms with E-state index >= 15 is 0 Å². The minimum absolute atomic E-state index is 0.711. The topological polar surface area (TPSA) is 43.2 Å². The Bertz CT molecular complexity index is 757. The van der Waals surface area contributed by atoms with Crippen LogP contribution in [0.25, 0.3) is 0 Å². The van der Waals surface area contributed by atoms with Crippen LogP contribution in [0.1, 0.15) is 71.1 Å². The number of azo groups is 1. The first kappa shape index (κ1) is 22.3. The number of benzene rings is 2. The Morgan fingerprint density at radius 3 is 2.17 bits per heavy atom. The highest BCUT2D eigenvalue weighted by molar-refractivity contribution is 5.51. The van der Waals surface area contributed by atoms with Gasteiger partial charge in [0.15, 0.2) is 11.5 Å². The smallest absolute Gasteiger partial charge is 0.163 e. The Morgan fingerprint density at radius 2 is 1.43 bits per heavy atom. The summed E-state index contributed by atoms with van der Waals surface area (Å²) in [5.41, 5.74) is 1.62. The lowest BCUT2D eigenvalue weighted by molar-refractivity contribution is 0.256. The second kappa shape index (κ2) is 13.0. The number of ether oxygens (including phenoxy) is 2. The van der Waals surface area contributed by atoms with Crippen molar-refractivity contribution in [2.75, 3.05) is 13.2 Å². The van der Waals surface area contributed by atoms with Crippen LogP contribution in [0.2, 0.25) is 0 Å². The summed E-state index contributed by atoms with van der Waals surface area (Å²) in [4.78, 5) is 0. The molecule has 1 fully saturated rings. The third kappa shape index (κ3) is 8.56. The largest absolute Gasteiger partial charge is 0.490 e. The number of nitrogens with zero attached hydrogens (tertiary/aromatic N) is 2. The summed E-state index contributed by atoms with van der Waals surface area (Å²) in [7, 11) is 0. The van der Waals surface area contributed by atoms with E-state index in [0.717, 1.165) is 35.9 Å². The molecule has 0 saturated heterocycles. The fourth-order valence-corrected chi connectivity index (χ4v) is 3.31. The van der Waals surface area contributed by atoms with Gasteiger partial charge in [-0.1, -0.05) is 70.1 Å². The zero-order valence-corrected chi connectivity index (χ0v) is 18.4. The van der Waals surface area contributed by atoms with Crippen molar-refractivity contribution < 1.29 is 9.47 Å². The minimum Gasteiger partial charge on any atom is -0.490 e. The van der Waals surface area contributed by atoms with Crippen molar-refractivity contribution in [3.63, 3.8) is 0 Å². The van der Waals surface area contributed by atoms with Crippen LogP contribution in [0.5, 0.6) is 11.5 Å². The summed E-state index contributed by atoms with van der Waals surface area (Å²) >= 11 is 0. The molecule has 0 radical (unpaired) electrons. The predicted octanol–water partition coefficient (Wildman–Crippen LogP) is 8.41. The van der Waals surface area contributed by atoms with Gasteiger partial charge in [-0.3, -0.25) is 0 Å². The highest BCUT2D eigenvalue weighted by atomic mass is 16.5. The van der Waals surface area contributed by atoms with Gasteiger partial charge in [0.25, 0.3) is 0 Å². The quantitative estimate of drug-likeness (QED) is 0.219. The summed E-state index contributed by atoms with van der Waals surface area (Å²) < 4.78 is 12.1. The van der Waals surface area contributed by atoms with E-state index in [9.17, 15) is 0 Å². The summed E-state index contributed by atoms with van der Waals surface area (Å²) in [6.45, 7) is 3.75. The Morgan fingerprint density at radius 1 is 0.733 bits per heavy atom. The zero-order chi connectivity index (χ0) is 20.9. The van der Waals surface area contributed by atoms with Gasteiger partial charge < -0.3 is 9.47 Å². The molecule has 0 N–H and O–H groups in total. The maximum Gasteiger partial charge on any atom is 0.163 e. The van der Waals surface area contributed by atoms with E-state index in [-0.39, 0.29) is 0 Å². The van der Waals surface area contributed by atoms with Crippen LogP contribution in [-0.2, 0) is 0 Å². The molecule has 0 unspecified atom stereocenters. The molecule has 0 heterocycles. The molecule has 0 aliphatic heterocycles. The van der Waals surface area contributed by atoms with Crippen molar-refractivity contribution >= 4 is 11.4 Å². The van der Waals surface area contributed by atoms with Gasteiger partial charge in [0.1, 0.15) is 0 Å². The van der Waals surface area contributed by atoms with Gasteiger partial charge in [-0.2, -0.15) is 10.2 Å². The third-order valence-corrected chi connectivity index (χ3v) is 5.39. The normalized spacial score (nSPS) is 13.6. The molecular formula is C26H36N2O2. The molecular weight excluding hydrogens is 372 g/mol. The second-order valence-electron chi connectivity index (χ2n) is 8.24. The van der Waals surface area contributed by atoms with E-state index in [1.165, 1.54) is 57.8 Å². The third-order valence-electron chi connectivity index (χ3n) is 5.39. The molecule has 0 atom stereocenters. The number of hydrogen-bond donors (Lipinski definition) is 0. The molecule has 0 aromatic heterocycles. The highest BCUT2D eigenvalue weighted by Gasteiger charge is 2.22. The number of unbranched alkanes of at least 4 members (excludes halogenated alkanes) is 7. The van der Waals surface area contributed by atoms with E-state index in [2.05, 4.69) is 17.2 Å². The summed E-state index contributed by atoms with van der Waals surface area (Å²) in [6, 6.07) is 15.6. The van der Waals surface area contributed by atoms with Crippen molar-refractivity contribution in [2.24, 2.45) is 16.1 Å². The lowest BCUT2D eigenvalue weighted by Gasteiger charge is -2.13. The van der Waals surface area contributed by atoms with Crippen molar-refractivity contribution in [3.05, 3.63) is 48.5 Å². The van der Waals surface area contributed by atoms with Gasteiger partial charge in [-0.05, 0) is 49.4 Å². The zero-order valence-electron chi connectivity index (χ0n) is 18.4. The Hall–Kier alpha value is -2.36. The average Bonchev–Trinajstić information content (AvgIpc) is 3.61. The van der Waals surface area contributed by atoms with Crippen molar-refractivity contribution in [1.82, 2.24) is 0 Å². The molecule has 30 heavy (non-hydrogen) atoms. The maximum absolute atomic E-state index is 6.10. The summed E-state index contributed by atoms with van der Waals surface area (Å²) in [5, 5.41) is 8.68. The first-order chi connectivity index (χ1) is 14.8. The monoisotopic (exact) mass is 408 g/mol. The first-order valence-electron chi connectivity index (χ1n) is 11.7. The fourth-order valence-electron chi connectivity index (χ4n) is 3.31. The molecule has 0 amide bonds. The van der Waals surface area contributed by atoms with E-state index < -0.39 is 0 Å². The van der Waals surface area contributed by atoms with Crippen LogP contribution in [0.4, 0.5) is 11.4 Å². The van der Waals surface area contributed by atoms with Crippen molar-refractivity contribution in [2.45, 2.75) is 71.1 Å². The van der Waals surface area contributed by atoms with E-state index in [4.69, 9.17) is 9.47 Å². The Labute approximate surface area is 181 Å². The summed E-state index contributed by atoms with van der Waals surface area (Å²) in [5.74, 6) is 2.31. The van der Waals surface area contributed by atoms with E-state index in [1.807, 2.05) is 48.5 Å². The molecule has 4 heteroatoms. The van der Waals surface area contributed by atoms with Gasteiger partial charge >= 0.3 is 0 Å². The van der Waals surface area contributed by atoms with E-state index in [1.54, 1.807) is 0 Å². The molecule has 1 saturated carbocycles. The van der Waals surface area contributed by atoms with Crippen LogP contribution in [-0.4, -0.2) is 13.2 Å². The standard InChI is InChI=1S/C26H36N2O2/c1-2-3-4-5-6-7-8-12-19-29-26-20-24(28-27-23-13-10-9-11-14-23)17-18-25(26)30-21-22-15-16-22/h9-11,13-14,17-18,20,22H,2-8,12,15-16,19,21H2,1H3. The van der Waals surface area contributed by atoms with Crippen LogP contribution in [0, 0.1) is 5.92 Å². The molecule has 1 aliphatic rings. The van der Waals surface area contributed by atoms with Crippen LogP contribution >= 0.6 is 0 Å². The molecule has 162 valence electrons. The van der Waals surface area contributed by atoms with Gasteiger partial charge in [-0.15, -0.1) is 0 Å². The molecule has 4 nitrogen and oxygen atoms in total. The molecule has 2 aromatic rings. The minimum atomic E-state index is 0.711. The molecule has 0 bridgehead atoms. The van der Waals surface area contributed by atoms with Gasteiger partial charge in [0.05, 0.1) is 24.6 Å². The second-order valence-corrected chi connectivity index (χ2v) is 8.24. The van der Waals surface area contributed by atoms with Crippen molar-refractivity contribution in [3.8, 4) is 11.5 Å². The molecule has 2 aromatic carbocycles. The summed E-state index contributed by atoms with van der Waals surface area (Å²) in [6.07, 6.45) is 12.9. The van der Waals surface area contributed by atoms with Crippen molar-refractivity contribution in [1.29, 1.82) is 0 Å². The lowest BCUT2D eigenvalue weighted by Crippen LogP contribution is -2.03. The molecule has 3 rings (SSSR count). The Kier molecular flexibility index (Phi) is 9.71. The van der Waals surface area contributed by atoms with Crippen LogP contribution < -0.4 is 9.47 Å². The van der Waals surface area contributed by atoms with Gasteiger partial charge in [-0.25, -0.2) is 0 Å². The Balaban J connectivity index is 1.49. The average molecular weight is 409 g/mol. The first-order valence-corrected chi connectivity index (χ1v) is 11.7. The highest BCUT2D eigenvalue weighted by Crippen LogP contribution is 2.35. The van der Waals surface area contributed by atoms with Crippen LogP contribution in [0.3, 0.4) is 0 Å². The van der Waals surface area contributed by atoms with Gasteiger partial charge in [0, 0.05) is 6.07 Å². The SMILES string of the molecule is CCCCCCCCCCOc1cc(N=Nc2ccccc2)ccc1OCC1CC1. The predicted molar refractivity (Wildman–Crippen MR) is 123 cm³/mol. The molecule has 1 aliphatic carbocycles. The number of rotatable bonds is 15.